The van der Waals surface area contributed by atoms with E-state index in [1.165, 1.54) is 12.8 Å². The lowest BCUT2D eigenvalue weighted by Gasteiger charge is -2.52. The SMILES string of the molecule is CCOC(=O)N1CCC2(CC(N3CCN(c4ncccc4-c4cnccn4)CC3)C2)C1. The molecule has 1 amide bonds. The average molecular weight is 423 g/mol. The van der Waals surface area contributed by atoms with Crippen molar-refractivity contribution in [1.29, 1.82) is 0 Å². The van der Waals surface area contributed by atoms with Crippen molar-refractivity contribution in [2.24, 2.45) is 5.41 Å². The first-order valence-electron chi connectivity index (χ1n) is 11.3. The van der Waals surface area contributed by atoms with E-state index in [0.717, 1.165) is 62.8 Å². The highest BCUT2D eigenvalue weighted by Gasteiger charge is 2.51. The van der Waals surface area contributed by atoms with Crippen molar-refractivity contribution in [3.63, 3.8) is 0 Å². The molecule has 2 aliphatic heterocycles. The van der Waals surface area contributed by atoms with Crippen molar-refractivity contribution >= 4 is 11.9 Å². The van der Waals surface area contributed by atoms with E-state index in [4.69, 9.17) is 4.74 Å². The number of ether oxygens (including phenoxy) is 1. The number of rotatable bonds is 4. The Hall–Kier alpha value is -2.74. The molecule has 8 nitrogen and oxygen atoms in total. The summed E-state index contributed by atoms with van der Waals surface area (Å²) >= 11 is 0. The van der Waals surface area contributed by atoms with Crippen LogP contribution in [0.4, 0.5) is 10.6 Å². The first kappa shape index (κ1) is 20.2. The summed E-state index contributed by atoms with van der Waals surface area (Å²) in [5, 5.41) is 0. The standard InChI is InChI=1S/C23H30N6O2/c1-2-31-22(30)29-9-5-23(17-29)14-18(15-23)27-10-12-28(13-11-27)21-19(4-3-6-26-21)20-16-24-7-8-25-20/h3-4,6-8,16,18H,2,5,9-15,17H2,1H3. The van der Waals surface area contributed by atoms with Crippen molar-refractivity contribution in [1.82, 2.24) is 24.8 Å². The maximum atomic E-state index is 12.0. The number of carbonyl (C=O) groups is 1. The minimum Gasteiger partial charge on any atom is -0.450 e. The first-order valence-corrected chi connectivity index (χ1v) is 11.3. The number of likely N-dealkylation sites (tertiary alicyclic amines) is 1. The number of piperazine rings is 1. The molecule has 0 unspecified atom stereocenters. The minimum absolute atomic E-state index is 0.147. The van der Waals surface area contributed by atoms with Gasteiger partial charge in [-0.3, -0.25) is 14.9 Å². The Kier molecular flexibility index (Phi) is 5.48. The lowest BCUT2D eigenvalue weighted by Crippen LogP contribution is -2.58. The number of pyridine rings is 1. The molecule has 5 rings (SSSR count). The van der Waals surface area contributed by atoms with Crippen LogP contribution in [0.25, 0.3) is 11.3 Å². The van der Waals surface area contributed by atoms with Gasteiger partial charge in [0.15, 0.2) is 0 Å². The highest BCUT2D eigenvalue weighted by Crippen LogP contribution is 2.50. The summed E-state index contributed by atoms with van der Waals surface area (Å²) < 4.78 is 5.18. The van der Waals surface area contributed by atoms with Gasteiger partial charge in [0.05, 0.1) is 18.5 Å². The molecule has 164 valence electrons. The van der Waals surface area contributed by atoms with Gasteiger partial charge < -0.3 is 14.5 Å². The van der Waals surface area contributed by atoms with E-state index in [1.54, 1.807) is 18.6 Å². The van der Waals surface area contributed by atoms with Crippen LogP contribution in [-0.2, 0) is 4.74 Å². The van der Waals surface area contributed by atoms with Crippen molar-refractivity contribution in [2.75, 3.05) is 50.8 Å². The molecular weight excluding hydrogens is 392 g/mol. The second-order valence-corrected chi connectivity index (χ2v) is 8.92. The second-order valence-electron chi connectivity index (χ2n) is 8.92. The summed E-state index contributed by atoms with van der Waals surface area (Å²) in [5.41, 5.74) is 2.22. The van der Waals surface area contributed by atoms with Crippen LogP contribution in [-0.4, -0.2) is 82.8 Å². The van der Waals surface area contributed by atoms with Crippen LogP contribution < -0.4 is 4.90 Å². The monoisotopic (exact) mass is 422 g/mol. The number of nitrogens with zero attached hydrogens (tertiary/aromatic N) is 6. The van der Waals surface area contributed by atoms with E-state index in [9.17, 15) is 4.79 Å². The van der Waals surface area contributed by atoms with Crippen LogP contribution in [0.3, 0.4) is 0 Å². The molecule has 0 radical (unpaired) electrons. The van der Waals surface area contributed by atoms with Gasteiger partial charge in [0, 0.05) is 69.5 Å². The predicted molar refractivity (Wildman–Crippen MR) is 118 cm³/mol. The van der Waals surface area contributed by atoms with Crippen molar-refractivity contribution in [2.45, 2.75) is 32.2 Å². The molecule has 2 aromatic rings. The van der Waals surface area contributed by atoms with Crippen molar-refractivity contribution < 1.29 is 9.53 Å². The fourth-order valence-corrected chi connectivity index (χ4v) is 5.42. The van der Waals surface area contributed by atoms with Gasteiger partial charge in [-0.05, 0) is 43.7 Å². The lowest BCUT2D eigenvalue weighted by molar-refractivity contribution is 0.00386. The van der Waals surface area contributed by atoms with Gasteiger partial charge in [-0.1, -0.05) is 0 Å². The Labute approximate surface area is 183 Å². The number of amides is 1. The van der Waals surface area contributed by atoms with E-state index < -0.39 is 0 Å². The molecule has 0 bridgehead atoms. The van der Waals surface area contributed by atoms with E-state index in [0.29, 0.717) is 18.1 Å². The van der Waals surface area contributed by atoms with Crippen molar-refractivity contribution in [3.05, 3.63) is 36.9 Å². The fourth-order valence-electron chi connectivity index (χ4n) is 5.42. The molecule has 0 aromatic carbocycles. The van der Waals surface area contributed by atoms with E-state index in [2.05, 4.69) is 30.8 Å². The third kappa shape index (κ3) is 3.96. The molecule has 3 fully saturated rings. The van der Waals surface area contributed by atoms with Gasteiger partial charge >= 0.3 is 6.09 Å². The highest BCUT2D eigenvalue weighted by molar-refractivity contribution is 5.72. The Morgan fingerprint density at radius 2 is 1.97 bits per heavy atom. The molecule has 31 heavy (non-hydrogen) atoms. The molecule has 0 atom stereocenters. The van der Waals surface area contributed by atoms with Crippen LogP contribution in [0.5, 0.6) is 0 Å². The molecule has 1 aliphatic carbocycles. The van der Waals surface area contributed by atoms with Crippen LogP contribution in [0.15, 0.2) is 36.9 Å². The Morgan fingerprint density at radius 3 is 2.71 bits per heavy atom. The topological polar surface area (TPSA) is 74.7 Å². The number of anilines is 1. The van der Waals surface area contributed by atoms with E-state index >= 15 is 0 Å². The third-order valence-electron chi connectivity index (χ3n) is 7.06. The van der Waals surface area contributed by atoms with Gasteiger partial charge in [0.25, 0.3) is 0 Å². The maximum absolute atomic E-state index is 12.0. The molecule has 3 aliphatic rings. The van der Waals surface area contributed by atoms with Crippen molar-refractivity contribution in [3.8, 4) is 11.3 Å². The summed E-state index contributed by atoms with van der Waals surface area (Å²) in [7, 11) is 0. The smallest absolute Gasteiger partial charge is 0.409 e. The molecule has 2 saturated heterocycles. The zero-order valence-electron chi connectivity index (χ0n) is 18.1. The quantitative estimate of drug-likeness (QED) is 0.750. The average Bonchev–Trinajstić information content (AvgIpc) is 3.25. The second kappa shape index (κ2) is 8.42. The predicted octanol–water partition coefficient (Wildman–Crippen LogP) is 2.67. The highest BCUT2D eigenvalue weighted by atomic mass is 16.6. The Balaban J connectivity index is 1.17. The van der Waals surface area contributed by atoms with Crippen LogP contribution in [0, 0.1) is 5.41 Å². The molecule has 8 heteroatoms. The Bertz CT molecular complexity index is 909. The van der Waals surface area contributed by atoms with E-state index in [1.807, 2.05) is 24.1 Å². The summed E-state index contributed by atoms with van der Waals surface area (Å²) in [6.07, 6.45) is 10.4. The third-order valence-corrected chi connectivity index (χ3v) is 7.06. The summed E-state index contributed by atoms with van der Waals surface area (Å²) in [6.45, 7) is 8.01. The zero-order chi connectivity index (χ0) is 21.3. The number of hydrogen-bond donors (Lipinski definition) is 0. The lowest BCUT2D eigenvalue weighted by atomic mass is 9.64. The molecule has 2 aromatic heterocycles. The maximum Gasteiger partial charge on any atom is 0.409 e. The molecule has 1 spiro atoms. The van der Waals surface area contributed by atoms with Crippen LogP contribution in [0.1, 0.15) is 26.2 Å². The molecular formula is C23H30N6O2. The van der Waals surface area contributed by atoms with Gasteiger partial charge in [-0.25, -0.2) is 9.78 Å². The number of hydrogen-bond acceptors (Lipinski definition) is 7. The molecule has 4 heterocycles. The number of aromatic nitrogens is 3. The van der Waals surface area contributed by atoms with Crippen LogP contribution in [0.2, 0.25) is 0 Å². The van der Waals surface area contributed by atoms with Crippen LogP contribution >= 0.6 is 0 Å². The fraction of sp³-hybridized carbons (Fsp3) is 0.565. The van der Waals surface area contributed by atoms with Gasteiger partial charge in [0.2, 0.25) is 0 Å². The minimum atomic E-state index is -0.147. The summed E-state index contributed by atoms with van der Waals surface area (Å²) in [4.78, 5) is 32.3. The number of carbonyl (C=O) groups excluding carboxylic acids is 1. The van der Waals surface area contributed by atoms with E-state index in [-0.39, 0.29) is 6.09 Å². The normalized spacial score (nSPS) is 26.2. The van der Waals surface area contributed by atoms with Gasteiger partial charge in [-0.15, -0.1) is 0 Å². The van der Waals surface area contributed by atoms with Gasteiger partial charge in [0.1, 0.15) is 5.82 Å². The van der Waals surface area contributed by atoms with Gasteiger partial charge in [-0.2, -0.15) is 0 Å². The summed E-state index contributed by atoms with van der Waals surface area (Å²) in [5.74, 6) is 0.994. The molecule has 0 N–H and O–H groups in total. The molecule has 1 saturated carbocycles. The Morgan fingerprint density at radius 1 is 1.13 bits per heavy atom. The summed E-state index contributed by atoms with van der Waals surface area (Å²) in [6, 6.07) is 4.66. The zero-order valence-corrected chi connectivity index (χ0v) is 18.1. The largest absolute Gasteiger partial charge is 0.450 e. The first-order chi connectivity index (χ1) is 15.2.